The Balaban J connectivity index is 1.97. The zero-order chi connectivity index (χ0) is 13.5. The van der Waals surface area contributed by atoms with Crippen molar-refractivity contribution in [3.63, 3.8) is 0 Å². The molecule has 0 fully saturated rings. The van der Waals surface area contributed by atoms with Crippen LogP contribution in [0.1, 0.15) is 25.8 Å². The number of rotatable bonds is 6. The summed E-state index contributed by atoms with van der Waals surface area (Å²) in [5.41, 5.74) is 2.35. The fraction of sp³-hybridized carbons (Fsp3) is 0.312. The van der Waals surface area contributed by atoms with Crippen molar-refractivity contribution in [3.8, 4) is 5.69 Å². The van der Waals surface area contributed by atoms with E-state index in [0.717, 1.165) is 18.7 Å². The van der Waals surface area contributed by atoms with Crippen LogP contribution in [0.3, 0.4) is 0 Å². The molecule has 0 amide bonds. The molecule has 0 bridgehead atoms. The van der Waals surface area contributed by atoms with Gasteiger partial charge in [-0.15, -0.1) is 0 Å². The van der Waals surface area contributed by atoms with Crippen molar-refractivity contribution in [2.24, 2.45) is 0 Å². The molecule has 0 spiro atoms. The summed E-state index contributed by atoms with van der Waals surface area (Å²) in [7, 11) is 0. The van der Waals surface area contributed by atoms with E-state index in [2.05, 4.69) is 60.6 Å². The number of nitrogens with zero attached hydrogens (tertiary/aromatic N) is 2. The Morgan fingerprint density at radius 3 is 2.74 bits per heavy atom. The Morgan fingerprint density at radius 2 is 2.11 bits per heavy atom. The highest BCUT2D eigenvalue weighted by atomic mass is 15.0. The van der Waals surface area contributed by atoms with E-state index in [1.165, 1.54) is 5.56 Å². The van der Waals surface area contributed by atoms with E-state index < -0.39 is 0 Å². The van der Waals surface area contributed by atoms with Crippen molar-refractivity contribution in [1.29, 1.82) is 0 Å². The van der Waals surface area contributed by atoms with Crippen LogP contribution in [0.15, 0.2) is 49.1 Å². The number of hydrogen-bond acceptors (Lipinski definition) is 2. The van der Waals surface area contributed by atoms with E-state index in [1.807, 2.05) is 17.1 Å². The Hall–Kier alpha value is -1.87. The van der Waals surface area contributed by atoms with Crippen LogP contribution in [0.2, 0.25) is 0 Å². The lowest BCUT2D eigenvalue weighted by molar-refractivity contribution is 0.625. The second-order valence-corrected chi connectivity index (χ2v) is 4.66. The molecule has 0 aliphatic rings. The van der Waals surface area contributed by atoms with Gasteiger partial charge in [-0.2, -0.15) is 0 Å². The van der Waals surface area contributed by atoms with Gasteiger partial charge in [-0.25, -0.2) is 4.98 Å². The van der Waals surface area contributed by atoms with Gasteiger partial charge in [-0.05, 0) is 37.6 Å². The van der Waals surface area contributed by atoms with E-state index in [9.17, 15) is 0 Å². The standard InChI is InChI=1S/C16H21N3/c1-3-10-18-14(2)4-5-15-6-8-16(9-7-15)19-12-11-17-13-19/h4-9,11-14,18H,3,10H2,1-2H3/b5-4+. The predicted molar refractivity (Wildman–Crippen MR) is 80.4 cm³/mol. The van der Waals surface area contributed by atoms with Crippen LogP contribution >= 0.6 is 0 Å². The molecule has 3 nitrogen and oxygen atoms in total. The molecule has 1 atom stereocenters. The van der Waals surface area contributed by atoms with Crippen LogP contribution < -0.4 is 5.32 Å². The van der Waals surface area contributed by atoms with Gasteiger partial charge in [0.1, 0.15) is 0 Å². The maximum atomic E-state index is 4.05. The van der Waals surface area contributed by atoms with Crippen molar-refractivity contribution in [2.75, 3.05) is 6.54 Å². The van der Waals surface area contributed by atoms with Gasteiger partial charge in [-0.3, -0.25) is 0 Å². The lowest BCUT2D eigenvalue weighted by Gasteiger charge is -2.07. The number of aromatic nitrogens is 2. The van der Waals surface area contributed by atoms with E-state index in [0.29, 0.717) is 6.04 Å². The third-order valence-electron chi connectivity index (χ3n) is 2.99. The minimum atomic E-state index is 0.410. The van der Waals surface area contributed by atoms with Gasteiger partial charge in [0.25, 0.3) is 0 Å². The SMILES string of the molecule is CCCNC(C)/C=C/c1ccc(-n2ccnc2)cc1. The number of imidazole rings is 1. The monoisotopic (exact) mass is 255 g/mol. The van der Waals surface area contributed by atoms with Crippen LogP contribution in [0.4, 0.5) is 0 Å². The Kier molecular flexibility index (Phi) is 4.93. The molecule has 1 N–H and O–H groups in total. The van der Waals surface area contributed by atoms with Crippen molar-refractivity contribution >= 4 is 6.08 Å². The normalized spacial score (nSPS) is 12.9. The zero-order valence-electron chi connectivity index (χ0n) is 11.6. The van der Waals surface area contributed by atoms with E-state index in [-0.39, 0.29) is 0 Å². The summed E-state index contributed by atoms with van der Waals surface area (Å²) in [4.78, 5) is 4.05. The molecule has 0 aliphatic carbocycles. The average Bonchev–Trinajstić information content (AvgIpc) is 2.97. The quantitative estimate of drug-likeness (QED) is 0.858. The summed E-state index contributed by atoms with van der Waals surface area (Å²) >= 11 is 0. The highest BCUT2D eigenvalue weighted by molar-refractivity contribution is 5.52. The molecule has 1 aromatic carbocycles. The number of hydrogen-bond donors (Lipinski definition) is 1. The lowest BCUT2D eigenvalue weighted by Crippen LogP contribution is -2.24. The van der Waals surface area contributed by atoms with Gasteiger partial charge in [0, 0.05) is 24.1 Å². The van der Waals surface area contributed by atoms with E-state index in [1.54, 1.807) is 6.20 Å². The van der Waals surface area contributed by atoms with Crippen molar-refractivity contribution < 1.29 is 0 Å². The third kappa shape index (κ3) is 4.07. The molecule has 0 saturated carbocycles. The van der Waals surface area contributed by atoms with Crippen molar-refractivity contribution in [1.82, 2.24) is 14.9 Å². The van der Waals surface area contributed by atoms with Crippen molar-refractivity contribution in [2.45, 2.75) is 26.3 Å². The van der Waals surface area contributed by atoms with Crippen LogP contribution in [0.5, 0.6) is 0 Å². The lowest BCUT2D eigenvalue weighted by atomic mass is 10.1. The first-order valence-electron chi connectivity index (χ1n) is 6.79. The maximum absolute atomic E-state index is 4.05. The van der Waals surface area contributed by atoms with Gasteiger partial charge in [0.05, 0.1) is 6.33 Å². The topological polar surface area (TPSA) is 29.9 Å². The molecular formula is C16H21N3. The fourth-order valence-electron chi connectivity index (χ4n) is 1.86. The second kappa shape index (κ2) is 6.90. The summed E-state index contributed by atoms with van der Waals surface area (Å²) in [6.07, 6.45) is 11.1. The van der Waals surface area contributed by atoms with Gasteiger partial charge in [0.15, 0.2) is 0 Å². The molecule has 0 saturated heterocycles. The summed E-state index contributed by atoms with van der Waals surface area (Å²) in [6, 6.07) is 8.86. The minimum absolute atomic E-state index is 0.410. The molecule has 3 heteroatoms. The molecule has 0 radical (unpaired) electrons. The van der Waals surface area contributed by atoms with Gasteiger partial charge < -0.3 is 9.88 Å². The smallest absolute Gasteiger partial charge is 0.0991 e. The molecule has 100 valence electrons. The largest absolute Gasteiger partial charge is 0.311 e. The van der Waals surface area contributed by atoms with Crippen LogP contribution in [-0.4, -0.2) is 22.1 Å². The zero-order valence-corrected chi connectivity index (χ0v) is 11.6. The van der Waals surface area contributed by atoms with Crippen LogP contribution in [0, 0.1) is 0 Å². The predicted octanol–water partition coefficient (Wildman–Crippen LogP) is 3.27. The molecule has 0 aliphatic heterocycles. The van der Waals surface area contributed by atoms with Gasteiger partial charge in [-0.1, -0.05) is 31.2 Å². The van der Waals surface area contributed by atoms with Gasteiger partial charge >= 0.3 is 0 Å². The van der Waals surface area contributed by atoms with E-state index >= 15 is 0 Å². The molecule has 1 aromatic heterocycles. The Morgan fingerprint density at radius 1 is 1.32 bits per heavy atom. The van der Waals surface area contributed by atoms with Gasteiger partial charge in [0.2, 0.25) is 0 Å². The summed E-state index contributed by atoms with van der Waals surface area (Å²) in [5.74, 6) is 0. The Labute approximate surface area is 115 Å². The summed E-state index contributed by atoms with van der Waals surface area (Å²) in [6.45, 7) is 5.41. The summed E-state index contributed by atoms with van der Waals surface area (Å²) in [5, 5.41) is 3.44. The summed E-state index contributed by atoms with van der Waals surface area (Å²) < 4.78 is 2.00. The molecule has 1 heterocycles. The number of nitrogens with one attached hydrogen (secondary N) is 1. The number of benzene rings is 1. The molecule has 2 aromatic rings. The first-order chi connectivity index (χ1) is 9.29. The minimum Gasteiger partial charge on any atom is -0.311 e. The highest BCUT2D eigenvalue weighted by Gasteiger charge is 1.96. The first kappa shape index (κ1) is 13.6. The maximum Gasteiger partial charge on any atom is 0.0991 e. The highest BCUT2D eigenvalue weighted by Crippen LogP contribution is 2.10. The van der Waals surface area contributed by atoms with Crippen LogP contribution in [0.25, 0.3) is 11.8 Å². The average molecular weight is 255 g/mol. The molecule has 19 heavy (non-hydrogen) atoms. The molecule has 2 rings (SSSR count). The second-order valence-electron chi connectivity index (χ2n) is 4.66. The Bertz CT molecular complexity index is 497. The third-order valence-corrected chi connectivity index (χ3v) is 2.99. The van der Waals surface area contributed by atoms with E-state index in [4.69, 9.17) is 0 Å². The van der Waals surface area contributed by atoms with Crippen LogP contribution in [-0.2, 0) is 0 Å². The van der Waals surface area contributed by atoms with Crippen molar-refractivity contribution in [3.05, 3.63) is 54.6 Å². The molecule has 1 unspecified atom stereocenters. The fourth-order valence-corrected chi connectivity index (χ4v) is 1.86. The first-order valence-corrected chi connectivity index (χ1v) is 6.79. The molecular weight excluding hydrogens is 234 g/mol.